The molecule has 0 aliphatic heterocycles. The first-order chi connectivity index (χ1) is 14.0. The van der Waals surface area contributed by atoms with E-state index in [1.807, 2.05) is 68.4 Å². The third-order valence-electron chi connectivity index (χ3n) is 4.26. The largest absolute Gasteiger partial charge is 0.489 e. The highest BCUT2D eigenvalue weighted by Crippen LogP contribution is 2.16. The zero-order valence-corrected chi connectivity index (χ0v) is 16.5. The smallest absolute Gasteiger partial charge is 0.287 e. The zero-order valence-electron chi connectivity index (χ0n) is 16.5. The number of hydrogen-bond acceptors (Lipinski definition) is 4. The van der Waals surface area contributed by atoms with E-state index in [1.165, 1.54) is 6.26 Å². The van der Waals surface area contributed by atoms with Crippen molar-refractivity contribution < 1.29 is 18.7 Å². The summed E-state index contributed by atoms with van der Waals surface area (Å²) in [7, 11) is 0. The van der Waals surface area contributed by atoms with Gasteiger partial charge in [-0.15, -0.1) is 0 Å². The van der Waals surface area contributed by atoms with Crippen molar-refractivity contribution in [1.29, 1.82) is 0 Å². The van der Waals surface area contributed by atoms with Gasteiger partial charge >= 0.3 is 0 Å². The van der Waals surface area contributed by atoms with Gasteiger partial charge in [0.05, 0.1) is 6.26 Å². The van der Waals surface area contributed by atoms with Gasteiger partial charge in [-0.1, -0.05) is 44.2 Å². The van der Waals surface area contributed by atoms with Gasteiger partial charge in [-0.3, -0.25) is 9.59 Å². The lowest BCUT2D eigenvalue weighted by molar-refractivity contribution is -0.118. The number of carbonyl (C=O) groups is 2. The number of carbonyl (C=O) groups excluding carboxylic acids is 2. The first kappa shape index (κ1) is 20.2. The monoisotopic (exact) mass is 392 g/mol. The van der Waals surface area contributed by atoms with Gasteiger partial charge in [-0.25, -0.2) is 0 Å². The summed E-state index contributed by atoms with van der Waals surface area (Å²) in [6.07, 6.45) is 1.47. The maximum Gasteiger partial charge on any atom is 0.287 e. The highest BCUT2D eigenvalue weighted by molar-refractivity contribution is 5.93. The Balaban J connectivity index is 1.57. The molecule has 0 aliphatic carbocycles. The maximum atomic E-state index is 12.5. The SMILES string of the molecule is CC(C)C(=O)Nc1cccc(CNC(=O)c2occc2COc2ccccc2)c1. The van der Waals surface area contributed by atoms with E-state index in [4.69, 9.17) is 9.15 Å². The first-order valence-corrected chi connectivity index (χ1v) is 9.45. The summed E-state index contributed by atoms with van der Waals surface area (Å²) in [5.74, 6) is 0.475. The van der Waals surface area contributed by atoms with Crippen LogP contribution in [0.5, 0.6) is 5.75 Å². The van der Waals surface area contributed by atoms with Gasteiger partial charge in [0.15, 0.2) is 5.76 Å². The number of nitrogens with one attached hydrogen (secondary N) is 2. The molecular weight excluding hydrogens is 368 g/mol. The van der Waals surface area contributed by atoms with E-state index >= 15 is 0 Å². The molecule has 0 unspecified atom stereocenters. The standard InChI is InChI=1S/C23H24N2O4/c1-16(2)22(26)25-19-8-6-7-17(13-19)14-24-23(27)21-18(11-12-28-21)15-29-20-9-4-3-5-10-20/h3-13,16H,14-15H2,1-2H3,(H,24,27)(H,25,26). The van der Waals surface area contributed by atoms with Crippen molar-refractivity contribution in [2.24, 2.45) is 5.92 Å². The van der Waals surface area contributed by atoms with Crippen molar-refractivity contribution in [3.05, 3.63) is 83.8 Å². The molecule has 3 aromatic rings. The first-order valence-electron chi connectivity index (χ1n) is 9.45. The second-order valence-corrected chi connectivity index (χ2v) is 6.90. The number of hydrogen-bond donors (Lipinski definition) is 2. The highest BCUT2D eigenvalue weighted by atomic mass is 16.5. The van der Waals surface area contributed by atoms with Crippen molar-refractivity contribution in [2.75, 3.05) is 5.32 Å². The molecule has 0 saturated carbocycles. The molecule has 29 heavy (non-hydrogen) atoms. The molecule has 0 spiro atoms. The van der Waals surface area contributed by atoms with Gasteiger partial charge in [0.1, 0.15) is 12.4 Å². The van der Waals surface area contributed by atoms with E-state index in [0.29, 0.717) is 17.8 Å². The molecule has 6 heteroatoms. The maximum absolute atomic E-state index is 12.5. The fourth-order valence-electron chi connectivity index (χ4n) is 2.63. The lowest BCUT2D eigenvalue weighted by Gasteiger charge is -2.10. The van der Waals surface area contributed by atoms with Crippen LogP contribution in [-0.2, 0) is 17.9 Å². The molecule has 6 nitrogen and oxygen atoms in total. The van der Waals surface area contributed by atoms with Crippen LogP contribution in [0.3, 0.4) is 0 Å². The Hall–Kier alpha value is -3.54. The highest BCUT2D eigenvalue weighted by Gasteiger charge is 2.16. The Bertz CT molecular complexity index is 964. The fraction of sp³-hybridized carbons (Fsp3) is 0.217. The number of amides is 2. The van der Waals surface area contributed by atoms with Crippen molar-refractivity contribution in [1.82, 2.24) is 5.32 Å². The Morgan fingerprint density at radius 2 is 1.83 bits per heavy atom. The average Bonchev–Trinajstić information content (AvgIpc) is 3.20. The molecular formula is C23H24N2O4. The molecule has 0 bridgehead atoms. The molecule has 0 radical (unpaired) electrons. The lowest BCUT2D eigenvalue weighted by Crippen LogP contribution is -2.24. The van der Waals surface area contributed by atoms with E-state index in [2.05, 4.69) is 10.6 Å². The topological polar surface area (TPSA) is 80.6 Å². The van der Waals surface area contributed by atoms with Crippen LogP contribution < -0.4 is 15.4 Å². The minimum Gasteiger partial charge on any atom is -0.489 e. The van der Waals surface area contributed by atoms with E-state index < -0.39 is 0 Å². The fourth-order valence-corrected chi connectivity index (χ4v) is 2.63. The molecule has 2 amide bonds. The Morgan fingerprint density at radius 1 is 1.03 bits per heavy atom. The third kappa shape index (κ3) is 5.72. The second-order valence-electron chi connectivity index (χ2n) is 6.90. The molecule has 0 fully saturated rings. The van der Waals surface area contributed by atoms with Gasteiger partial charge in [0, 0.05) is 23.7 Å². The van der Waals surface area contributed by atoms with E-state index in [1.54, 1.807) is 6.07 Å². The molecule has 150 valence electrons. The number of furan rings is 1. The quantitative estimate of drug-likeness (QED) is 0.596. The Kier molecular flexibility index (Phi) is 6.68. The summed E-state index contributed by atoms with van der Waals surface area (Å²) in [6, 6.07) is 18.5. The molecule has 3 rings (SSSR count). The molecule has 2 N–H and O–H groups in total. The minimum absolute atomic E-state index is 0.0511. The summed E-state index contributed by atoms with van der Waals surface area (Å²) < 4.78 is 11.1. The summed E-state index contributed by atoms with van der Waals surface area (Å²) in [4.78, 5) is 24.4. The number of benzene rings is 2. The molecule has 1 heterocycles. The van der Waals surface area contributed by atoms with Crippen molar-refractivity contribution >= 4 is 17.5 Å². The summed E-state index contributed by atoms with van der Waals surface area (Å²) in [6.45, 7) is 4.22. The summed E-state index contributed by atoms with van der Waals surface area (Å²) in [5, 5.41) is 5.69. The molecule has 0 aliphatic rings. The van der Waals surface area contributed by atoms with Crippen LogP contribution in [0.15, 0.2) is 71.3 Å². The van der Waals surface area contributed by atoms with Crippen LogP contribution >= 0.6 is 0 Å². The van der Waals surface area contributed by atoms with Crippen molar-refractivity contribution in [2.45, 2.75) is 27.0 Å². The van der Waals surface area contributed by atoms with Crippen LogP contribution in [0.2, 0.25) is 0 Å². The van der Waals surface area contributed by atoms with Crippen LogP contribution in [0.4, 0.5) is 5.69 Å². The van der Waals surface area contributed by atoms with Crippen LogP contribution in [0.1, 0.15) is 35.5 Å². The van der Waals surface area contributed by atoms with E-state index in [0.717, 1.165) is 11.3 Å². The molecule has 2 aromatic carbocycles. The lowest BCUT2D eigenvalue weighted by atomic mass is 10.1. The van der Waals surface area contributed by atoms with Crippen LogP contribution in [0.25, 0.3) is 0 Å². The van der Waals surface area contributed by atoms with E-state index in [-0.39, 0.29) is 30.1 Å². The van der Waals surface area contributed by atoms with Gasteiger partial charge in [-0.05, 0) is 35.9 Å². The van der Waals surface area contributed by atoms with Crippen molar-refractivity contribution in [3.8, 4) is 5.75 Å². The summed E-state index contributed by atoms with van der Waals surface area (Å²) >= 11 is 0. The Labute approximate surface area is 169 Å². The number of anilines is 1. The molecule has 0 saturated heterocycles. The second kappa shape index (κ2) is 9.59. The Morgan fingerprint density at radius 3 is 2.59 bits per heavy atom. The van der Waals surface area contributed by atoms with Gasteiger partial charge in [0.25, 0.3) is 5.91 Å². The predicted octanol–water partition coefficient (Wildman–Crippen LogP) is 4.38. The number of rotatable bonds is 8. The number of para-hydroxylation sites is 1. The van der Waals surface area contributed by atoms with Gasteiger partial charge in [-0.2, -0.15) is 0 Å². The van der Waals surface area contributed by atoms with Crippen LogP contribution in [-0.4, -0.2) is 11.8 Å². The predicted molar refractivity (Wildman–Crippen MR) is 111 cm³/mol. The zero-order chi connectivity index (χ0) is 20.6. The average molecular weight is 392 g/mol. The molecule has 1 aromatic heterocycles. The van der Waals surface area contributed by atoms with Crippen molar-refractivity contribution in [3.63, 3.8) is 0 Å². The number of ether oxygens (including phenoxy) is 1. The molecule has 0 atom stereocenters. The van der Waals surface area contributed by atoms with Gasteiger partial charge in [0.2, 0.25) is 5.91 Å². The summed E-state index contributed by atoms with van der Waals surface area (Å²) in [5.41, 5.74) is 2.24. The van der Waals surface area contributed by atoms with Gasteiger partial charge < -0.3 is 19.8 Å². The minimum atomic E-state index is -0.321. The normalized spacial score (nSPS) is 10.6. The third-order valence-corrected chi connectivity index (χ3v) is 4.26. The van der Waals surface area contributed by atoms with E-state index in [9.17, 15) is 9.59 Å². The van der Waals surface area contributed by atoms with Crippen LogP contribution in [0, 0.1) is 5.92 Å².